The standard InChI is InChI=1S/C18H21NO3/c1-12-5-3-6-13(2)18(12)22-11-17(20)19-15-7-4-8-16-14(15)9-10-21-16/h3,5-6,9-10,15H,4,7-8,11H2,1-2H3,(H,19,20). The molecule has 1 aliphatic rings. The van der Waals surface area contributed by atoms with Crippen LogP contribution in [0.4, 0.5) is 0 Å². The number of amides is 1. The van der Waals surface area contributed by atoms with E-state index in [1.165, 1.54) is 0 Å². The van der Waals surface area contributed by atoms with Crippen LogP contribution in [0.3, 0.4) is 0 Å². The number of carbonyl (C=O) groups is 1. The Balaban J connectivity index is 1.60. The summed E-state index contributed by atoms with van der Waals surface area (Å²) in [6.07, 6.45) is 4.63. The summed E-state index contributed by atoms with van der Waals surface area (Å²) in [5.74, 6) is 1.69. The van der Waals surface area contributed by atoms with Crippen molar-refractivity contribution >= 4 is 5.91 Å². The number of fused-ring (bicyclic) bond motifs is 1. The molecule has 0 saturated heterocycles. The zero-order valence-electron chi connectivity index (χ0n) is 13.0. The molecule has 22 heavy (non-hydrogen) atoms. The predicted octanol–water partition coefficient (Wildman–Crippen LogP) is 3.47. The van der Waals surface area contributed by atoms with Crippen molar-refractivity contribution in [3.8, 4) is 5.75 Å². The highest BCUT2D eigenvalue weighted by molar-refractivity contribution is 5.78. The van der Waals surface area contributed by atoms with E-state index in [1.807, 2.05) is 38.1 Å². The number of hydrogen-bond donors (Lipinski definition) is 1. The second kappa shape index (κ2) is 6.26. The summed E-state index contributed by atoms with van der Waals surface area (Å²) in [4.78, 5) is 12.2. The first-order valence-corrected chi connectivity index (χ1v) is 7.70. The summed E-state index contributed by atoms with van der Waals surface area (Å²) >= 11 is 0. The lowest BCUT2D eigenvalue weighted by atomic mass is 9.93. The molecule has 0 aliphatic heterocycles. The lowest BCUT2D eigenvalue weighted by Crippen LogP contribution is -2.34. The molecule has 1 heterocycles. The number of para-hydroxylation sites is 1. The number of furan rings is 1. The van der Waals surface area contributed by atoms with E-state index >= 15 is 0 Å². The SMILES string of the molecule is Cc1cccc(C)c1OCC(=O)NC1CCCc2occc21. The highest BCUT2D eigenvalue weighted by Gasteiger charge is 2.24. The second-order valence-corrected chi connectivity index (χ2v) is 5.82. The molecule has 1 amide bonds. The van der Waals surface area contributed by atoms with E-state index in [1.54, 1.807) is 6.26 Å². The van der Waals surface area contributed by atoms with Crippen LogP contribution >= 0.6 is 0 Å². The van der Waals surface area contributed by atoms with E-state index in [2.05, 4.69) is 5.32 Å². The van der Waals surface area contributed by atoms with Gasteiger partial charge in [-0.1, -0.05) is 18.2 Å². The molecule has 1 unspecified atom stereocenters. The number of rotatable bonds is 4. The van der Waals surface area contributed by atoms with Gasteiger partial charge < -0.3 is 14.5 Å². The molecular weight excluding hydrogens is 278 g/mol. The first-order chi connectivity index (χ1) is 10.6. The average Bonchev–Trinajstić information content (AvgIpc) is 2.96. The molecule has 1 aromatic carbocycles. The molecule has 0 saturated carbocycles. The van der Waals surface area contributed by atoms with Gasteiger partial charge in [-0.05, 0) is 43.9 Å². The smallest absolute Gasteiger partial charge is 0.258 e. The highest BCUT2D eigenvalue weighted by Crippen LogP contribution is 2.30. The number of nitrogens with one attached hydrogen (secondary N) is 1. The fraction of sp³-hybridized carbons (Fsp3) is 0.389. The van der Waals surface area contributed by atoms with Crippen molar-refractivity contribution in [2.24, 2.45) is 0 Å². The Labute approximate surface area is 130 Å². The fourth-order valence-electron chi connectivity index (χ4n) is 3.04. The lowest BCUT2D eigenvalue weighted by molar-refractivity contribution is -0.124. The van der Waals surface area contributed by atoms with Crippen LogP contribution in [0.15, 0.2) is 34.9 Å². The molecule has 2 aromatic rings. The predicted molar refractivity (Wildman–Crippen MR) is 83.9 cm³/mol. The van der Waals surface area contributed by atoms with Gasteiger partial charge in [0, 0.05) is 12.0 Å². The Bertz CT molecular complexity index is 654. The maximum atomic E-state index is 12.2. The van der Waals surface area contributed by atoms with Gasteiger partial charge in [0.05, 0.1) is 12.3 Å². The van der Waals surface area contributed by atoms with Gasteiger partial charge >= 0.3 is 0 Å². The third-order valence-electron chi connectivity index (χ3n) is 4.14. The quantitative estimate of drug-likeness (QED) is 0.940. The van der Waals surface area contributed by atoms with Crippen molar-refractivity contribution in [1.82, 2.24) is 5.32 Å². The van der Waals surface area contributed by atoms with Crippen LogP contribution in [0, 0.1) is 13.8 Å². The van der Waals surface area contributed by atoms with Crippen molar-refractivity contribution in [2.45, 2.75) is 39.2 Å². The van der Waals surface area contributed by atoms with Crippen molar-refractivity contribution in [1.29, 1.82) is 0 Å². The van der Waals surface area contributed by atoms with Gasteiger partial charge in [-0.15, -0.1) is 0 Å². The molecule has 0 radical (unpaired) electrons. The fourth-order valence-corrected chi connectivity index (χ4v) is 3.04. The molecule has 1 N–H and O–H groups in total. The van der Waals surface area contributed by atoms with Crippen LogP contribution in [0.2, 0.25) is 0 Å². The molecular formula is C18H21NO3. The number of benzene rings is 1. The topological polar surface area (TPSA) is 51.5 Å². The average molecular weight is 299 g/mol. The maximum Gasteiger partial charge on any atom is 0.258 e. The molecule has 4 heteroatoms. The number of ether oxygens (including phenoxy) is 1. The summed E-state index contributed by atoms with van der Waals surface area (Å²) in [7, 11) is 0. The van der Waals surface area contributed by atoms with Crippen LogP contribution in [-0.2, 0) is 11.2 Å². The van der Waals surface area contributed by atoms with E-state index in [4.69, 9.17) is 9.15 Å². The van der Waals surface area contributed by atoms with Crippen LogP contribution in [-0.4, -0.2) is 12.5 Å². The summed E-state index contributed by atoms with van der Waals surface area (Å²) in [5, 5.41) is 3.05. The highest BCUT2D eigenvalue weighted by atomic mass is 16.5. The molecule has 1 aromatic heterocycles. The first-order valence-electron chi connectivity index (χ1n) is 7.70. The largest absolute Gasteiger partial charge is 0.483 e. The summed E-state index contributed by atoms with van der Waals surface area (Å²) < 4.78 is 11.2. The molecule has 3 rings (SSSR count). The second-order valence-electron chi connectivity index (χ2n) is 5.82. The minimum absolute atomic E-state index is 0.0371. The van der Waals surface area contributed by atoms with Gasteiger partial charge in [-0.25, -0.2) is 0 Å². The Kier molecular flexibility index (Phi) is 4.18. The van der Waals surface area contributed by atoms with E-state index < -0.39 is 0 Å². The van der Waals surface area contributed by atoms with Crippen LogP contribution in [0.25, 0.3) is 0 Å². The van der Waals surface area contributed by atoms with Crippen molar-refractivity contribution in [2.75, 3.05) is 6.61 Å². The zero-order valence-corrected chi connectivity index (χ0v) is 13.0. The van der Waals surface area contributed by atoms with Crippen LogP contribution in [0.5, 0.6) is 5.75 Å². The van der Waals surface area contributed by atoms with E-state index in [-0.39, 0.29) is 18.6 Å². The third kappa shape index (κ3) is 3.01. The molecule has 0 spiro atoms. The van der Waals surface area contributed by atoms with Crippen LogP contribution < -0.4 is 10.1 Å². The third-order valence-corrected chi connectivity index (χ3v) is 4.14. The summed E-state index contributed by atoms with van der Waals surface area (Å²) in [6, 6.07) is 7.95. The minimum Gasteiger partial charge on any atom is -0.483 e. The first kappa shape index (κ1) is 14.7. The molecule has 116 valence electrons. The van der Waals surface area contributed by atoms with Gasteiger partial charge in [-0.2, -0.15) is 0 Å². The van der Waals surface area contributed by atoms with Gasteiger partial charge in [0.2, 0.25) is 0 Å². The Hall–Kier alpha value is -2.23. The monoisotopic (exact) mass is 299 g/mol. The molecule has 1 atom stereocenters. The molecule has 4 nitrogen and oxygen atoms in total. The van der Waals surface area contributed by atoms with Gasteiger partial charge in [0.1, 0.15) is 11.5 Å². The number of hydrogen-bond acceptors (Lipinski definition) is 3. The normalized spacial score (nSPS) is 16.9. The summed E-state index contributed by atoms with van der Waals surface area (Å²) in [6.45, 7) is 4.01. The van der Waals surface area contributed by atoms with Gasteiger partial charge in [0.15, 0.2) is 6.61 Å². The Morgan fingerprint density at radius 2 is 2.09 bits per heavy atom. The molecule has 1 aliphatic carbocycles. The lowest BCUT2D eigenvalue weighted by Gasteiger charge is -2.23. The van der Waals surface area contributed by atoms with Crippen molar-refractivity contribution in [3.63, 3.8) is 0 Å². The van der Waals surface area contributed by atoms with Crippen molar-refractivity contribution in [3.05, 3.63) is 53.0 Å². The minimum atomic E-state index is -0.0956. The Morgan fingerprint density at radius 3 is 2.86 bits per heavy atom. The maximum absolute atomic E-state index is 12.2. The summed E-state index contributed by atoms with van der Waals surface area (Å²) in [5.41, 5.74) is 3.19. The van der Waals surface area contributed by atoms with Crippen molar-refractivity contribution < 1.29 is 13.9 Å². The van der Waals surface area contributed by atoms with E-state index in [0.29, 0.717) is 0 Å². The Morgan fingerprint density at radius 1 is 1.32 bits per heavy atom. The van der Waals surface area contributed by atoms with E-state index in [0.717, 1.165) is 47.5 Å². The molecule has 0 fully saturated rings. The van der Waals surface area contributed by atoms with Crippen LogP contribution in [0.1, 0.15) is 41.3 Å². The van der Waals surface area contributed by atoms with E-state index in [9.17, 15) is 4.79 Å². The molecule has 0 bridgehead atoms. The number of aryl methyl sites for hydroxylation is 3. The zero-order chi connectivity index (χ0) is 15.5. The van der Waals surface area contributed by atoms with Gasteiger partial charge in [-0.3, -0.25) is 4.79 Å². The number of carbonyl (C=O) groups excluding carboxylic acids is 1. The van der Waals surface area contributed by atoms with Gasteiger partial charge in [0.25, 0.3) is 5.91 Å².